The quantitative estimate of drug-likeness (QED) is 0.549. The summed E-state index contributed by atoms with van der Waals surface area (Å²) in [7, 11) is 0. The van der Waals surface area contributed by atoms with E-state index in [0.717, 1.165) is 11.3 Å². The summed E-state index contributed by atoms with van der Waals surface area (Å²) in [6.45, 7) is 0.653. The molecule has 2 aromatic rings. The molecule has 0 aromatic heterocycles. The minimum Gasteiger partial charge on any atom is -0.482 e. The van der Waals surface area contributed by atoms with E-state index in [1.807, 2.05) is 0 Å². The van der Waals surface area contributed by atoms with Gasteiger partial charge in [0.15, 0.2) is 19.0 Å². The Morgan fingerprint density at radius 2 is 1.79 bits per heavy atom. The second kappa shape index (κ2) is 9.01. The van der Waals surface area contributed by atoms with Gasteiger partial charge in [0.2, 0.25) is 11.8 Å². The zero-order chi connectivity index (χ0) is 20.8. The first kappa shape index (κ1) is 20.1. The average Bonchev–Trinajstić information content (AvgIpc) is 2.70. The smallest absolute Gasteiger partial charge is 0.344 e. The molecule has 0 saturated carbocycles. The van der Waals surface area contributed by atoms with Crippen LogP contribution >= 0.6 is 0 Å². The summed E-state index contributed by atoms with van der Waals surface area (Å²) >= 11 is 0. The number of hydrogen-bond donors (Lipinski definition) is 2. The number of hydrogen-bond acceptors (Lipinski definition) is 6. The van der Waals surface area contributed by atoms with Crippen LogP contribution in [0.2, 0.25) is 0 Å². The van der Waals surface area contributed by atoms with E-state index >= 15 is 0 Å². The van der Waals surface area contributed by atoms with Crippen LogP contribution in [0.25, 0.3) is 0 Å². The Labute approximate surface area is 167 Å². The second-order valence-electron chi connectivity index (χ2n) is 6.50. The zero-order valence-electron chi connectivity index (χ0n) is 15.8. The zero-order valence-corrected chi connectivity index (χ0v) is 15.8. The molecule has 29 heavy (non-hydrogen) atoms. The van der Waals surface area contributed by atoms with E-state index in [2.05, 4.69) is 10.6 Å². The lowest BCUT2D eigenvalue weighted by molar-refractivity contribution is -0.144. The molecule has 1 aliphatic rings. The lowest BCUT2D eigenvalue weighted by atomic mass is 10.0. The van der Waals surface area contributed by atoms with Crippen molar-refractivity contribution in [2.45, 2.75) is 19.8 Å². The molecule has 1 aliphatic heterocycles. The Morgan fingerprint density at radius 3 is 2.52 bits per heavy atom. The molecule has 0 atom stereocenters. The molecule has 3 rings (SSSR count). The molecule has 2 N–H and O–H groups in total. The first-order chi connectivity index (χ1) is 13.9. The van der Waals surface area contributed by atoms with Crippen LogP contribution in [0.3, 0.4) is 0 Å². The number of ether oxygens (including phenoxy) is 2. The third-order valence-electron chi connectivity index (χ3n) is 4.22. The van der Waals surface area contributed by atoms with Crippen LogP contribution in [0.15, 0.2) is 42.5 Å². The molecule has 0 spiro atoms. The molecule has 8 nitrogen and oxygen atoms in total. The van der Waals surface area contributed by atoms with Crippen molar-refractivity contribution in [2.75, 3.05) is 23.8 Å². The Kier molecular flexibility index (Phi) is 6.23. The van der Waals surface area contributed by atoms with Crippen molar-refractivity contribution in [3.63, 3.8) is 0 Å². The van der Waals surface area contributed by atoms with Gasteiger partial charge >= 0.3 is 5.97 Å². The van der Waals surface area contributed by atoms with E-state index in [0.29, 0.717) is 29.8 Å². The van der Waals surface area contributed by atoms with Crippen LogP contribution < -0.4 is 15.4 Å². The van der Waals surface area contributed by atoms with Crippen molar-refractivity contribution in [3.8, 4) is 5.75 Å². The Balaban J connectivity index is 1.45. The second-order valence-corrected chi connectivity index (χ2v) is 6.50. The molecule has 150 valence electrons. The first-order valence-corrected chi connectivity index (χ1v) is 9.03. The Bertz CT molecular complexity index is 952. The van der Waals surface area contributed by atoms with Gasteiger partial charge in [0.1, 0.15) is 5.75 Å². The van der Waals surface area contributed by atoms with E-state index in [4.69, 9.17) is 9.47 Å². The minimum atomic E-state index is -0.667. The van der Waals surface area contributed by atoms with Gasteiger partial charge in [-0.3, -0.25) is 14.4 Å². The summed E-state index contributed by atoms with van der Waals surface area (Å²) in [6, 6.07) is 11.4. The molecule has 0 radical (unpaired) electrons. The number of nitrogens with one attached hydrogen (secondary N) is 2. The topological polar surface area (TPSA) is 111 Å². The van der Waals surface area contributed by atoms with Crippen LogP contribution in [0.5, 0.6) is 5.75 Å². The van der Waals surface area contributed by atoms with Gasteiger partial charge in [-0.15, -0.1) is 0 Å². The standard InChI is InChI=1S/C21H20N2O6/c1-13(24)22-16-5-2-14(3-6-16)19(25)11-29-21(27)12-28-17-7-8-18-15(10-17)4-9-20(26)23-18/h2-3,5-8,10H,4,9,11-12H2,1H3,(H,22,24)(H,23,26). The van der Waals surface area contributed by atoms with Crippen molar-refractivity contribution in [1.29, 1.82) is 0 Å². The highest BCUT2D eigenvalue weighted by atomic mass is 16.6. The number of aryl methyl sites for hydroxylation is 1. The van der Waals surface area contributed by atoms with Crippen molar-refractivity contribution in [3.05, 3.63) is 53.6 Å². The number of ketones is 1. The van der Waals surface area contributed by atoms with Gasteiger partial charge in [-0.1, -0.05) is 0 Å². The van der Waals surface area contributed by atoms with E-state index in [1.165, 1.54) is 6.92 Å². The number of benzene rings is 2. The van der Waals surface area contributed by atoms with Gasteiger partial charge in [-0.05, 0) is 54.4 Å². The molecule has 2 amide bonds. The monoisotopic (exact) mass is 396 g/mol. The highest BCUT2D eigenvalue weighted by Crippen LogP contribution is 2.26. The Morgan fingerprint density at radius 1 is 1.03 bits per heavy atom. The number of esters is 1. The molecular formula is C21H20N2O6. The van der Waals surface area contributed by atoms with Gasteiger partial charge in [-0.25, -0.2) is 4.79 Å². The summed E-state index contributed by atoms with van der Waals surface area (Å²) in [5, 5.41) is 5.37. The van der Waals surface area contributed by atoms with Crippen LogP contribution in [0.1, 0.15) is 29.3 Å². The van der Waals surface area contributed by atoms with Gasteiger partial charge in [0, 0.05) is 30.3 Å². The third kappa shape index (κ3) is 5.65. The fourth-order valence-corrected chi connectivity index (χ4v) is 2.81. The SMILES string of the molecule is CC(=O)Nc1ccc(C(=O)COC(=O)COc2ccc3c(c2)CCC(=O)N3)cc1. The summed E-state index contributed by atoms with van der Waals surface area (Å²) in [5.41, 5.74) is 2.62. The summed E-state index contributed by atoms with van der Waals surface area (Å²) in [6.07, 6.45) is 1.02. The van der Waals surface area contributed by atoms with Gasteiger partial charge in [-0.2, -0.15) is 0 Å². The van der Waals surface area contributed by atoms with E-state index in [9.17, 15) is 19.2 Å². The van der Waals surface area contributed by atoms with Crippen LogP contribution in [0.4, 0.5) is 11.4 Å². The molecule has 0 aliphatic carbocycles. The molecule has 8 heteroatoms. The number of Topliss-reactive ketones (excluding diaryl/α,β-unsaturated/α-hetero) is 1. The molecule has 0 unspecified atom stereocenters. The van der Waals surface area contributed by atoms with E-state index < -0.39 is 12.6 Å². The maximum Gasteiger partial charge on any atom is 0.344 e. The first-order valence-electron chi connectivity index (χ1n) is 9.03. The number of rotatable bonds is 7. The summed E-state index contributed by atoms with van der Waals surface area (Å²) < 4.78 is 10.4. The third-order valence-corrected chi connectivity index (χ3v) is 4.22. The molecule has 0 bridgehead atoms. The fourth-order valence-electron chi connectivity index (χ4n) is 2.81. The number of anilines is 2. The predicted molar refractivity (Wildman–Crippen MR) is 105 cm³/mol. The maximum absolute atomic E-state index is 12.1. The Hall–Kier alpha value is -3.68. The highest BCUT2D eigenvalue weighted by molar-refractivity contribution is 5.98. The fraction of sp³-hybridized carbons (Fsp3) is 0.238. The average molecular weight is 396 g/mol. The van der Waals surface area contributed by atoms with E-state index in [-0.39, 0.29) is 24.2 Å². The van der Waals surface area contributed by atoms with Crippen LogP contribution in [-0.4, -0.2) is 36.8 Å². The summed E-state index contributed by atoms with van der Waals surface area (Å²) in [4.78, 5) is 46.3. The number of amides is 2. The van der Waals surface area contributed by atoms with Crippen molar-refractivity contribution < 1.29 is 28.7 Å². The number of carbonyl (C=O) groups is 4. The normalized spacial score (nSPS) is 12.4. The number of fused-ring (bicyclic) bond motifs is 1. The largest absolute Gasteiger partial charge is 0.482 e. The van der Waals surface area contributed by atoms with E-state index in [1.54, 1.807) is 42.5 Å². The maximum atomic E-state index is 12.1. The molecule has 0 fully saturated rings. The molecule has 0 saturated heterocycles. The van der Waals surface area contributed by atoms with Gasteiger partial charge in [0.05, 0.1) is 0 Å². The van der Waals surface area contributed by atoms with Gasteiger partial charge < -0.3 is 20.1 Å². The van der Waals surface area contributed by atoms with Crippen molar-refractivity contribution in [1.82, 2.24) is 0 Å². The lowest BCUT2D eigenvalue weighted by Gasteiger charge is -2.17. The van der Waals surface area contributed by atoms with Crippen LogP contribution in [0, 0.1) is 0 Å². The van der Waals surface area contributed by atoms with Crippen molar-refractivity contribution >= 4 is 34.9 Å². The van der Waals surface area contributed by atoms with Gasteiger partial charge in [0.25, 0.3) is 0 Å². The van der Waals surface area contributed by atoms with Crippen LogP contribution in [-0.2, 0) is 25.5 Å². The lowest BCUT2D eigenvalue weighted by Crippen LogP contribution is -2.20. The molecule has 1 heterocycles. The predicted octanol–water partition coefficient (Wildman–Crippen LogP) is 2.33. The highest BCUT2D eigenvalue weighted by Gasteiger charge is 2.16. The minimum absolute atomic E-state index is 0.0239. The number of carbonyl (C=O) groups excluding carboxylic acids is 4. The molecule has 2 aromatic carbocycles. The molecular weight excluding hydrogens is 376 g/mol. The van der Waals surface area contributed by atoms with Crippen molar-refractivity contribution in [2.24, 2.45) is 0 Å². The summed E-state index contributed by atoms with van der Waals surface area (Å²) in [5.74, 6) is -0.779.